The Morgan fingerprint density at radius 3 is 1.20 bits per heavy atom. The molecule has 0 heterocycles. The maximum absolute atomic E-state index is 2.18. The molecule has 0 saturated heterocycles. The minimum absolute atomic E-state index is 0. The fraction of sp³-hybridized carbons (Fsp3) is 1.00. The average molecular weight is 94.6 g/mol. The number of unbranched alkanes of at least 4 members (excludes halogenated alkanes) is 1. The van der Waals surface area contributed by atoms with Gasteiger partial charge in [-0.15, -0.1) is 12.4 Å². The van der Waals surface area contributed by atoms with Gasteiger partial charge in [0.05, 0.1) is 0 Å². The fourth-order valence-corrected chi connectivity index (χ4v) is 0. The molecule has 0 aromatic rings. The maximum Gasteiger partial charge on any atom is -0.0564 e. The topological polar surface area (TPSA) is 0 Å². The third-order valence-electron chi connectivity index (χ3n) is 0.500. The van der Waals surface area contributed by atoms with Gasteiger partial charge in [-0.1, -0.05) is 26.7 Å². The van der Waals surface area contributed by atoms with Crippen LogP contribution in [0.1, 0.15) is 26.7 Å². The molecule has 0 bridgehead atoms. The Morgan fingerprint density at radius 2 is 1.20 bits per heavy atom. The van der Waals surface area contributed by atoms with Crippen molar-refractivity contribution in [3.63, 3.8) is 0 Å². The molecule has 0 rings (SSSR count). The molecule has 0 spiro atoms. The zero-order valence-electron chi connectivity index (χ0n) is 3.82. The highest BCUT2D eigenvalue weighted by Crippen LogP contribution is 1.76. The second kappa shape index (κ2) is 8.85. The van der Waals surface area contributed by atoms with Crippen molar-refractivity contribution in [2.45, 2.75) is 26.7 Å². The first kappa shape index (κ1) is 8.99. The van der Waals surface area contributed by atoms with Crippen LogP contribution in [0.25, 0.3) is 0 Å². The summed E-state index contributed by atoms with van der Waals surface area (Å²) in [4.78, 5) is 0. The van der Waals surface area contributed by atoms with Crippen molar-refractivity contribution in [3.8, 4) is 0 Å². The van der Waals surface area contributed by atoms with Gasteiger partial charge in [-0.05, 0) is 0 Å². The van der Waals surface area contributed by atoms with E-state index in [9.17, 15) is 0 Å². The van der Waals surface area contributed by atoms with Crippen LogP contribution in [0.5, 0.6) is 0 Å². The van der Waals surface area contributed by atoms with E-state index in [1.807, 2.05) is 0 Å². The van der Waals surface area contributed by atoms with E-state index in [0.717, 1.165) is 0 Å². The van der Waals surface area contributed by atoms with Gasteiger partial charge in [-0.2, -0.15) is 0 Å². The third kappa shape index (κ3) is 13.5. The lowest BCUT2D eigenvalue weighted by molar-refractivity contribution is 0.886. The van der Waals surface area contributed by atoms with Crippen molar-refractivity contribution >= 4 is 12.4 Å². The van der Waals surface area contributed by atoms with E-state index in [1.54, 1.807) is 0 Å². The van der Waals surface area contributed by atoms with Gasteiger partial charge in [0, 0.05) is 0 Å². The first-order chi connectivity index (χ1) is 1.91. The van der Waals surface area contributed by atoms with Crippen molar-refractivity contribution in [2.24, 2.45) is 0 Å². The molecule has 0 aliphatic heterocycles. The van der Waals surface area contributed by atoms with Crippen LogP contribution < -0.4 is 0 Å². The minimum atomic E-state index is 0. The first-order valence-electron chi connectivity index (χ1n) is 1.91. The predicted molar refractivity (Wildman–Crippen MR) is 27.8 cm³/mol. The molecule has 34 valence electrons. The molecule has 0 aliphatic rings. The van der Waals surface area contributed by atoms with Crippen molar-refractivity contribution in [2.75, 3.05) is 0 Å². The van der Waals surface area contributed by atoms with Gasteiger partial charge in [0.2, 0.25) is 0 Å². The van der Waals surface area contributed by atoms with E-state index in [-0.39, 0.29) is 12.4 Å². The van der Waals surface area contributed by atoms with Crippen molar-refractivity contribution in [3.05, 3.63) is 0 Å². The molecule has 0 unspecified atom stereocenters. The Kier molecular flexibility index (Phi) is 15.9. The van der Waals surface area contributed by atoms with E-state index in [1.165, 1.54) is 12.8 Å². The van der Waals surface area contributed by atoms with Crippen LogP contribution in [0.4, 0.5) is 0 Å². The highest BCUT2D eigenvalue weighted by molar-refractivity contribution is 5.85. The molecule has 0 fully saturated rings. The fourth-order valence-electron chi connectivity index (χ4n) is 0. The van der Waals surface area contributed by atoms with Crippen molar-refractivity contribution in [1.82, 2.24) is 0 Å². The number of rotatable bonds is 1. The molecule has 0 aromatic heterocycles. The van der Waals surface area contributed by atoms with E-state index >= 15 is 0 Å². The summed E-state index contributed by atoms with van der Waals surface area (Å²) in [6, 6.07) is 0. The summed E-state index contributed by atoms with van der Waals surface area (Å²) in [6.07, 6.45) is 2.64. The Balaban J connectivity index is 0. The zero-order valence-corrected chi connectivity index (χ0v) is 4.64. The number of hydrogen-bond acceptors (Lipinski definition) is 0. The Bertz CT molecular complexity index is 5.61. The second-order valence-electron chi connectivity index (χ2n) is 1.000. The first-order valence-corrected chi connectivity index (χ1v) is 1.91. The lowest BCUT2D eigenvalue weighted by Gasteiger charge is -1.68. The van der Waals surface area contributed by atoms with Crippen LogP contribution in [0, 0.1) is 0 Å². The molecule has 0 amide bonds. The van der Waals surface area contributed by atoms with Gasteiger partial charge in [-0.25, -0.2) is 0 Å². The smallest absolute Gasteiger partial charge is 0.0564 e. The van der Waals surface area contributed by atoms with E-state index in [2.05, 4.69) is 13.8 Å². The Hall–Kier alpha value is 0.290. The maximum atomic E-state index is 2.18. The van der Waals surface area contributed by atoms with Gasteiger partial charge in [0.25, 0.3) is 0 Å². The predicted octanol–water partition coefficient (Wildman–Crippen LogP) is 2.23. The van der Waals surface area contributed by atoms with Gasteiger partial charge in [0.1, 0.15) is 0 Å². The largest absolute Gasteiger partial charge is 0.147 e. The minimum Gasteiger partial charge on any atom is -0.147 e. The molecular formula is C4H11Cl. The third-order valence-corrected chi connectivity index (χ3v) is 0.500. The number of hydrogen-bond donors (Lipinski definition) is 0. The Labute approximate surface area is 40.0 Å². The van der Waals surface area contributed by atoms with Gasteiger partial charge in [-0.3, -0.25) is 0 Å². The summed E-state index contributed by atoms with van der Waals surface area (Å²) < 4.78 is 0. The van der Waals surface area contributed by atoms with E-state index in [4.69, 9.17) is 0 Å². The van der Waals surface area contributed by atoms with Crippen LogP contribution >= 0.6 is 12.4 Å². The molecule has 5 heavy (non-hydrogen) atoms. The monoisotopic (exact) mass is 94.1 g/mol. The van der Waals surface area contributed by atoms with Gasteiger partial charge in [0.15, 0.2) is 0 Å². The average Bonchev–Trinajstić information content (AvgIpc) is 1.37. The van der Waals surface area contributed by atoms with E-state index < -0.39 is 0 Å². The van der Waals surface area contributed by atoms with Crippen molar-refractivity contribution < 1.29 is 0 Å². The summed E-state index contributed by atoms with van der Waals surface area (Å²) in [5.74, 6) is 0. The molecule has 0 aromatic carbocycles. The quantitative estimate of drug-likeness (QED) is 0.468. The lowest BCUT2D eigenvalue weighted by Crippen LogP contribution is -1.47. The van der Waals surface area contributed by atoms with Gasteiger partial charge < -0.3 is 0 Å². The summed E-state index contributed by atoms with van der Waals surface area (Å²) in [5, 5.41) is 0. The zero-order chi connectivity index (χ0) is 3.41. The summed E-state index contributed by atoms with van der Waals surface area (Å²) in [5.41, 5.74) is 0. The standard InChI is InChI=1S/C4H10.ClH/c1-3-4-2;/h3-4H2,1-2H3;1H. The lowest BCUT2D eigenvalue weighted by atomic mass is 10.4. The molecule has 0 atom stereocenters. The molecule has 0 nitrogen and oxygen atoms in total. The highest BCUT2D eigenvalue weighted by atomic mass is 35.5. The van der Waals surface area contributed by atoms with Crippen LogP contribution in [0.15, 0.2) is 0 Å². The van der Waals surface area contributed by atoms with Crippen LogP contribution in [0.2, 0.25) is 0 Å². The van der Waals surface area contributed by atoms with E-state index in [0.29, 0.717) is 0 Å². The SMILES string of the molecule is CCCC.Cl. The summed E-state index contributed by atoms with van der Waals surface area (Å²) in [6.45, 7) is 4.36. The van der Waals surface area contributed by atoms with Gasteiger partial charge >= 0.3 is 0 Å². The molecular weight excluding hydrogens is 83.5 g/mol. The molecule has 0 saturated carbocycles. The number of halogens is 1. The summed E-state index contributed by atoms with van der Waals surface area (Å²) in [7, 11) is 0. The molecule has 0 N–H and O–H groups in total. The highest BCUT2D eigenvalue weighted by Gasteiger charge is 1.56. The van der Waals surface area contributed by atoms with Crippen molar-refractivity contribution in [1.29, 1.82) is 0 Å². The molecule has 1 heteroatoms. The molecule has 0 aliphatic carbocycles. The van der Waals surface area contributed by atoms with Crippen LogP contribution in [-0.2, 0) is 0 Å². The Morgan fingerprint density at radius 1 is 1.00 bits per heavy atom. The second-order valence-corrected chi connectivity index (χ2v) is 1.000. The molecule has 0 radical (unpaired) electrons. The van der Waals surface area contributed by atoms with Crippen LogP contribution in [-0.4, -0.2) is 0 Å². The normalized spacial score (nSPS) is 6.00. The summed E-state index contributed by atoms with van der Waals surface area (Å²) >= 11 is 0. The van der Waals surface area contributed by atoms with Crippen LogP contribution in [0.3, 0.4) is 0 Å².